The van der Waals surface area contributed by atoms with Crippen molar-refractivity contribution in [2.75, 3.05) is 32.6 Å². The van der Waals surface area contributed by atoms with Crippen LogP contribution in [-0.4, -0.2) is 32.2 Å². The molecule has 0 amide bonds. The Bertz CT molecular complexity index is 674. The van der Waals surface area contributed by atoms with E-state index in [0.717, 1.165) is 23.5 Å². The second kappa shape index (κ2) is 8.73. The first-order chi connectivity index (χ1) is 11.7. The Labute approximate surface area is 140 Å². The van der Waals surface area contributed by atoms with Crippen LogP contribution in [0.5, 0.6) is 11.5 Å². The van der Waals surface area contributed by atoms with E-state index in [2.05, 4.69) is 10.6 Å². The molecule has 2 N–H and O–H groups in total. The average molecular weight is 331 g/mol. The fraction of sp³-hybridized carbons (Fsp3) is 0.294. The van der Waals surface area contributed by atoms with E-state index in [0.29, 0.717) is 18.8 Å². The topological polar surface area (TPSA) is 85.7 Å². The minimum atomic E-state index is -0.410. The number of methoxy groups -OCH3 is 2. The van der Waals surface area contributed by atoms with Crippen LogP contribution >= 0.6 is 0 Å². The van der Waals surface area contributed by atoms with E-state index in [1.54, 1.807) is 26.4 Å². The van der Waals surface area contributed by atoms with Crippen molar-refractivity contribution in [3.63, 3.8) is 0 Å². The van der Waals surface area contributed by atoms with Crippen LogP contribution in [0.1, 0.15) is 5.56 Å². The predicted molar refractivity (Wildman–Crippen MR) is 92.8 cm³/mol. The van der Waals surface area contributed by atoms with Crippen LogP contribution in [0.15, 0.2) is 42.5 Å². The Kier molecular flexibility index (Phi) is 6.39. The molecule has 0 saturated carbocycles. The minimum absolute atomic E-state index is 0.0868. The van der Waals surface area contributed by atoms with E-state index in [-0.39, 0.29) is 5.69 Å². The fourth-order valence-electron chi connectivity index (χ4n) is 2.31. The Hall–Kier alpha value is -2.80. The van der Waals surface area contributed by atoms with Crippen molar-refractivity contribution in [3.8, 4) is 11.5 Å². The lowest BCUT2D eigenvalue weighted by molar-refractivity contribution is -0.384. The molecule has 128 valence electrons. The van der Waals surface area contributed by atoms with E-state index in [9.17, 15) is 10.1 Å². The highest BCUT2D eigenvalue weighted by atomic mass is 16.6. The van der Waals surface area contributed by atoms with E-state index in [4.69, 9.17) is 9.47 Å². The number of anilines is 1. The van der Waals surface area contributed by atoms with Gasteiger partial charge in [0.05, 0.1) is 19.1 Å². The second-order valence-electron chi connectivity index (χ2n) is 5.06. The van der Waals surface area contributed by atoms with Crippen LogP contribution in [0.25, 0.3) is 0 Å². The zero-order valence-corrected chi connectivity index (χ0v) is 13.7. The molecule has 0 aliphatic rings. The largest absolute Gasteiger partial charge is 0.493 e. The Morgan fingerprint density at radius 3 is 2.42 bits per heavy atom. The molecule has 0 aliphatic heterocycles. The summed E-state index contributed by atoms with van der Waals surface area (Å²) in [6.45, 7) is 2.09. The quantitative estimate of drug-likeness (QED) is 0.417. The van der Waals surface area contributed by atoms with Gasteiger partial charge in [0.2, 0.25) is 0 Å². The molecule has 0 bridgehead atoms. The van der Waals surface area contributed by atoms with Crippen LogP contribution in [0.4, 0.5) is 11.4 Å². The fourth-order valence-corrected chi connectivity index (χ4v) is 2.31. The van der Waals surface area contributed by atoms with Gasteiger partial charge in [-0.1, -0.05) is 12.1 Å². The number of nitro benzene ring substituents is 1. The second-order valence-corrected chi connectivity index (χ2v) is 5.06. The molecule has 2 rings (SSSR count). The summed E-state index contributed by atoms with van der Waals surface area (Å²) in [7, 11) is 3.24. The zero-order valence-electron chi connectivity index (χ0n) is 13.7. The Morgan fingerprint density at radius 1 is 1.04 bits per heavy atom. The van der Waals surface area contributed by atoms with E-state index >= 15 is 0 Å². The predicted octanol–water partition coefficient (Wildman–Crippen LogP) is 2.81. The van der Waals surface area contributed by atoms with Gasteiger partial charge in [-0.05, 0) is 18.2 Å². The van der Waals surface area contributed by atoms with Gasteiger partial charge in [0.1, 0.15) is 0 Å². The van der Waals surface area contributed by atoms with Crippen LogP contribution in [0.2, 0.25) is 0 Å². The molecule has 0 heterocycles. The van der Waals surface area contributed by atoms with Crippen molar-refractivity contribution in [2.24, 2.45) is 0 Å². The maximum Gasteiger partial charge on any atom is 0.269 e. The van der Waals surface area contributed by atoms with Crippen molar-refractivity contribution in [2.45, 2.75) is 6.54 Å². The van der Waals surface area contributed by atoms with E-state index in [1.165, 1.54) is 12.1 Å². The maximum atomic E-state index is 10.6. The SMILES string of the molecule is COc1cccc(CNCCNc2ccc([N+](=O)[O-])cc2)c1OC. The first kappa shape index (κ1) is 17.6. The highest BCUT2D eigenvalue weighted by molar-refractivity contribution is 5.48. The number of non-ortho nitro benzene ring substituents is 1. The molecule has 2 aromatic carbocycles. The number of hydrogen-bond donors (Lipinski definition) is 2. The number of nitrogens with zero attached hydrogens (tertiary/aromatic N) is 1. The summed E-state index contributed by atoms with van der Waals surface area (Å²) in [5.41, 5.74) is 1.96. The third kappa shape index (κ3) is 4.60. The molecule has 0 fully saturated rings. The van der Waals surface area contributed by atoms with Crippen LogP contribution in [0, 0.1) is 10.1 Å². The normalized spacial score (nSPS) is 10.2. The average Bonchev–Trinajstić information content (AvgIpc) is 2.61. The van der Waals surface area contributed by atoms with Gasteiger partial charge in [0, 0.05) is 43.0 Å². The standard InChI is InChI=1S/C17H21N3O4/c1-23-16-5-3-4-13(17(16)24-2)12-18-10-11-19-14-6-8-15(9-7-14)20(21)22/h3-9,18-19H,10-12H2,1-2H3. The third-order valence-corrected chi connectivity index (χ3v) is 3.51. The molecular weight excluding hydrogens is 310 g/mol. The Balaban J connectivity index is 1.78. The van der Waals surface area contributed by atoms with Gasteiger partial charge in [-0.3, -0.25) is 10.1 Å². The smallest absolute Gasteiger partial charge is 0.269 e. The summed E-state index contributed by atoms with van der Waals surface area (Å²) in [5, 5.41) is 17.1. The molecule has 0 spiro atoms. The lowest BCUT2D eigenvalue weighted by Crippen LogP contribution is -2.22. The first-order valence-corrected chi connectivity index (χ1v) is 7.54. The van der Waals surface area contributed by atoms with Crippen molar-refractivity contribution < 1.29 is 14.4 Å². The summed E-state index contributed by atoms with van der Waals surface area (Å²) < 4.78 is 10.7. The number of ether oxygens (including phenoxy) is 2. The molecule has 0 saturated heterocycles. The number of rotatable bonds is 9. The molecule has 24 heavy (non-hydrogen) atoms. The van der Waals surface area contributed by atoms with E-state index < -0.39 is 4.92 Å². The molecule has 0 aromatic heterocycles. The molecule has 0 aliphatic carbocycles. The van der Waals surface area contributed by atoms with Crippen molar-refractivity contribution in [1.29, 1.82) is 0 Å². The van der Waals surface area contributed by atoms with Crippen molar-refractivity contribution in [3.05, 3.63) is 58.1 Å². The summed E-state index contributed by atoms with van der Waals surface area (Å²) in [6, 6.07) is 12.1. The van der Waals surface area contributed by atoms with Gasteiger partial charge in [-0.25, -0.2) is 0 Å². The summed E-state index contributed by atoms with van der Waals surface area (Å²) >= 11 is 0. The lowest BCUT2D eigenvalue weighted by Gasteiger charge is -2.13. The summed E-state index contributed by atoms with van der Waals surface area (Å²) in [6.07, 6.45) is 0. The molecule has 7 heteroatoms. The number of nitro groups is 1. The van der Waals surface area contributed by atoms with E-state index in [1.807, 2.05) is 18.2 Å². The van der Waals surface area contributed by atoms with Gasteiger partial charge in [-0.2, -0.15) is 0 Å². The number of nitrogens with one attached hydrogen (secondary N) is 2. The Morgan fingerprint density at radius 2 is 1.79 bits per heavy atom. The van der Waals surface area contributed by atoms with Gasteiger partial charge in [0.25, 0.3) is 5.69 Å². The van der Waals surface area contributed by atoms with Crippen LogP contribution in [0.3, 0.4) is 0 Å². The lowest BCUT2D eigenvalue weighted by atomic mass is 10.2. The van der Waals surface area contributed by atoms with Crippen LogP contribution in [-0.2, 0) is 6.54 Å². The summed E-state index contributed by atoms with van der Waals surface area (Å²) in [4.78, 5) is 10.2. The molecule has 2 aromatic rings. The number of hydrogen-bond acceptors (Lipinski definition) is 6. The monoisotopic (exact) mass is 331 g/mol. The minimum Gasteiger partial charge on any atom is -0.493 e. The van der Waals surface area contributed by atoms with Gasteiger partial charge in [0.15, 0.2) is 11.5 Å². The van der Waals surface area contributed by atoms with Crippen LogP contribution < -0.4 is 20.1 Å². The molecule has 0 atom stereocenters. The maximum absolute atomic E-state index is 10.6. The molecule has 0 unspecified atom stereocenters. The number of para-hydroxylation sites is 1. The highest BCUT2D eigenvalue weighted by Gasteiger charge is 2.08. The third-order valence-electron chi connectivity index (χ3n) is 3.51. The molecule has 7 nitrogen and oxygen atoms in total. The first-order valence-electron chi connectivity index (χ1n) is 7.54. The van der Waals surface area contributed by atoms with Gasteiger partial charge < -0.3 is 20.1 Å². The van der Waals surface area contributed by atoms with Gasteiger partial charge >= 0.3 is 0 Å². The molecule has 0 radical (unpaired) electrons. The molecular formula is C17H21N3O4. The van der Waals surface area contributed by atoms with Crippen molar-refractivity contribution in [1.82, 2.24) is 5.32 Å². The van der Waals surface area contributed by atoms with Crippen molar-refractivity contribution >= 4 is 11.4 Å². The highest BCUT2D eigenvalue weighted by Crippen LogP contribution is 2.30. The number of benzene rings is 2. The van der Waals surface area contributed by atoms with Gasteiger partial charge in [-0.15, -0.1) is 0 Å². The zero-order chi connectivity index (χ0) is 17.4. The summed E-state index contributed by atoms with van der Waals surface area (Å²) in [5.74, 6) is 1.44.